The Labute approximate surface area is 183 Å². The lowest BCUT2D eigenvalue weighted by atomic mass is 9.76. The summed E-state index contributed by atoms with van der Waals surface area (Å²) in [6, 6.07) is 6.24. The zero-order valence-corrected chi connectivity index (χ0v) is 18.4. The van der Waals surface area contributed by atoms with E-state index in [1.165, 1.54) is 11.1 Å². The lowest BCUT2D eigenvalue weighted by molar-refractivity contribution is 0.115. The Morgan fingerprint density at radius 2 is 2.00 bits per heavy atom. The zero-order chi connectivity index (χ0) is 20.5. The van der Waals surface area contributed by atoms with Crippen LogP contribution < -0.4 is 9.80 Å². The molecule has 8 heteroatoms. The highest BCUT2D eigenvalue weighted by atomic mass is 35.5. The first-order valence-corrected chi connectivity index (χ1v) is 12.4. The molecule has 1 N–H and O–H groups in total. The molecule has 0 bridgehead atoms. The number of hydrogen-bond donors (Lipinski definition) is 1. The number of halogens is 1. The number of aromatic nitrogens is 2. The SMILES string of the molecule is O=[S@]1CCN(C2(CO)CCC2)c2nc(N3CC4(Cc5ccc(Cl)cc5C4)C3)ncc21. The van der Waals surface area contributed by atoms with E-state index in [0.717, 1.165) is 56.0 Å². The highest BCUT2D eigenvalue weighted by Crippen LogP contribution is 2.47. The Morgan fingerprint density at radius 3 is 2.73 bits per heavy atom. The summed E-state index contributed by atoms with van der Waals surface area (Å²) < 4.78 is 12.6. The van der Waals surface area contributed by atoms with Gasteiger partial charge in [0.1, 0.15) is 0 Å². The number of rotatable bonds is 3. The van der Waals surface area contributed by atoms with E-state index in [2.05, 4.69) is 26.9 Å². The van der Waals surface area contributed by atoms with Gasteiger partial charge in [0.2, 0.25) is 5.95 Å². The molecule has 2 fully saturated rings. The lowest BCUT2D eigenvalue weighted by Crippen LogP contribution is -2.60. The predicted octanol–water partition coefficient (Wildman–Crippen LogP) is 2.58. The van der Waals surface area contributed by atoms with Gasteiger partial charge < -0.3 is 14.9 Å². The molecule has 2 aromatic rings. The first kappa shape index (κ1) is 19.0. The number of aliphatic hydroxyl groups is 1. The van der Waals surface area contributed by atoms with E-state index in [1.54, 1.807) is 6.20 Å². The summed E-state index contributed by atoms with van der Waals surface area (Å²) in [5.74, 6) is 2.05. The molecule has 1 saturated carbocycles. The topological polar surface area (TPSA) is 69.6 Å². The third-order valence-electron chi connectivity index (χ3n) is 7.51. The predicted molar refractivity (Wildman–Crippen MR) is 118 cm³/mol. The van der Waals surface area contributed by atoms with Crippen molar-refractivity contribution in [3.63, 3.8) is 0 Å². The number of hydrogen-bond acceptors (Lipinski definition) is 6. The number of aliphatic hydroxyl groups excluding tert-OH is 1. The van der Waals surface area contributed by atoms with E-state index >= 15 is 0 Å². The molecule has 2 aliphatic carbocycles. The van der Waals surface area contributed by atoms with E-state index in [-0.39, 0.29) is 17.6 Å². The van der Waals surface area contributed by atoms with Crippen molar-refractivity contribution in [3.05, 3.63) is 40.5 Å². The van der Waals surface area contributed by atoms with Crippen LogP contribution in [0.25, 0.3) is 0 Å². The van der Waals surface area contributed by atoms with Crippen molar-refractivity contribution >= 4 is 34.2 Å². The van der Waals surface area contributed by atoms with Gasteiger partial charge in [0.15, 0.2) is 5.82 Å². The van der Waals surface area contributed by atoms with E-state index in [1.807, 2.05) is 6.07 Å². The Hall–Kier alpha value is -1.70. The van der Waals surface area contributed by atoms with E-state index in [4.69, 9.17) is 16.6 Å². The third-order valence-corrected chi connectivity index (χ3v) is 9.08. The van der Waals surface area contributed by atoms with E-state index in [9.17, 15) is 9.32 Å². The molecule has 1 atom stereocenters. The number of anilines is 2. The van der Waals surface area contributed by atoms with E-state index < -0.39 is 10.8 Å². The molecule has 158 valence electrons. The Morgan fingerprint density at radius 1 is 1.20 bits per heavy atom. The number of fused-ring (bicyclic) bond motifs is 2. The van der Waals surface area contributed by atoms with Crippen LogP contribution in [0.3, 0.4) is 0 Å². The van der Waals surface area contributed by atoms with Crippen LogP contribution in [0.15, 0.2) is 29.3 Å². The van der Waals surface area contributed by atoms with Gasteiger partial charge in [-0.1, -0.05) is 17.7 Å². The summed E-state index contributed by atoms with van der Waals surface area (Å²) >= 11 is 6.18. The summed E-state index contributed by atoms with van der Waals surface area (Å²) in [7, 11) is -1.07. The lowest BCUT2D eigenvalue weighted by Gasteiger charge is -2.52. The van der Waals surface area contributed by atoms with Gasteiger partial charge in [-0.15, -0.1) is 0 Å². The van der Waals surface area contributed by atoms with Gasteiger partial charge in [0.25, 0.3) is 0 Å². The minimum atomic E-state index is -1.07. The average Bonchev–Trinajstić information content (AvgIpc) is 3.07. The maximum atomic E-state index is 12.6. The van der Waals surface area contributed by atoms with Gasteiger partial charge in [-0.3, -0.25) is 4.21 Å². The zero-order valence-electron chi connectivity index (χ0n) is 16.8. The molecular formula is C22H25ClN4O2S. The van der Waals surface area contributed by atoms with Crippen LogP contribution in [0.4, 0.5) is 11.8 Å². The monoisotopic (exact) mass is 444 g/mol. The molecule has 0 radical (unpaired) electrons. The van der Waals surface area contributed by atoms with Gasteiger partial charge in [0.05, 0.1) is 34.0 Å². The second-order valence-electron chi connectivity index (χ2n) is 9.42. The van der Waals surface area contributed by atoms with Crippen molar-refractivity contribution in [2.45, 2.75) is 42.5 Å². The van der Waals surface area contributed by atoms with Crippen LogP contribution in [0.2, 0.25) is 5.02 Å². The fourth-order valence-electron chi connectivity index (χ4n) is 5.74. The summed E-state index contributed by atoms with van der Waals surface area (Å²) in [4.78, 5) is 14.6. The molecule has 4 aliphatic rings. The van der Waals surface area contributed by atoms with E-state index in [0.29, 0.717) is 23.1 Å². The minimum Gasteiger partial charge on any atom is -0.394 e. The molecule has 30 heavy (non-hydrogen) atoms. The third kappa shape index (κ3) is 2.75. The van der Waals surface area contributed by atoms with Gasteiger partial charge in [-0.25, -0.2) is 4.98 Å². The second-order valence-corrected chi connectivity index (χ2v) is 11.4. The van der Waals surface area contributed by atoms with Crippen LogP contribution in [0.1, 0.15) is 30.4 Å². The molecule has 0 amide bonds. The largest absolute Gasteiger partial charge is 0.394 e. The highest BCUT2D eigenvalue weighted by molar-refractivity contribution is 7.85. The molecule has 1 saturated heterocycles. The maximum absolute atomic E-state index is 12.6. The first-order chi connectivity index (χ1) is 14.5. The second kappa shape index (κ2) is 6.65. The van der Waals surface area contributed by atoms with Crippen molar-refractivity contribution in [1.29, 1.82) is 0 Å². The van der Waals surface area contributed by atoms with Crippen LogP contribution in [-0.2, 0) is 23.6 Å². The van der Waals surface area contributed by atoms with Crippen molar-refractivity contribution in [3.8, 4) is 0 Å². The fraction of sp³-hybridized carbons (Fsp3) is 0.545. The summed E-state index contributed by atoms with van der Waals surface area (Å²) in [6.07, 6.45) is 6.91. The van der Waals surface area contributed by atoms with Gasteiger partial charge in [-0.2, -0.15) is 4.98 Å². The molecular weight excluding hydrogens is 420 g/mol. The van der Waals surface area contributed by atoms with Crippen LogP contribution >= 0.6 is 11.6 Å². The standard InChI is InChI=1S/C22H25ClN4O2S/c23-17-3-2-15-9-21(10-16(15)8-17)12-26(13-21)20-24-11-18-19(25-20)27(6-7-30(18)29)22(14-28)4-1-5-22/h2-3,8,11,28H,1,4-7,9-10,12-14H2/t30-/m0/s1. The first-order valence-electron chi connectivity index (χ1n) is 10.7. The molecule has 1 aromatic heterocycles. The van der Waals surface area contributed by atoms with Crippen LogP contribution in [-0.4, -0.2) is 56.8 Å². The average molecular weight is 445 g/mol. The fourth-order valence-corrected chi connectivity index (χ4v) is 7.03. The Balaban J connectivity index is 1.26. The maximum Gasteiger partial charge on any atom is 0.227 e. The quantitative estimate of drug-likeness (QED) is 0.784. The Bertz CT molecular complexity index is 1050. The smallest absolute Gasteiger partial charge is 0.227 e. The van der Waals surface area contributed by atoms with Gasteiger partial charge in [0, 0.05) is 35.8 Å². The Kier molecular flexibility index (Phi) is 4.21. The highest BCUT2D eigenvalue weighted by Gasteiger charge is 2.49. The van der Waals surface area contributed by atoms with Crippen LogP contribution in [0, 0.1) is 5.41 Å². The van der Waals surface area contributed by atoms with Crippen molar-refractivity contribution in [2.75, 3.05) is 41.8 Å². The van der Waals surface area contributed by atoms with Crippen molar-refractivity contribution in [1.82, 2.24) is 9.97 Å². The van der Waals surface area contributed by atoms with Gasteiger partial charge in [-0.05, 0) is 55.4 Å². The molecule has 1 aromatic carbocycles. The molecule has 6 nitrogen and oxygen atoms in total. The van der Waals surface area contributed by atoms with Crippen LogP contribution in [0.5, 0.6) is 0 Å². The minimum absolute atomic E-state index is 0.117. The van der Waals surface area contributed by atoms with Gasteiger partial charge >= 0.3 is 0 Å². The molecule has 1 spiro atoms. The molecule has 6 rings (SSSR count). The number of benzene rings is 1. The molecule has 3 heterocycles. The van der Waals surface area contributed by atoms with Crippen molar-refractivity contribution in [2.24, 2.45) is 5.41 Å². The van der Waals surface area contributed by atoms with Crippen molar-refractivity contribution < 1.29 is 9.32 Å². The summed E-state index contributed by atoms with van der Waals surface area (Å²) in [6.45, 7) is 2.64. The molecule has 0 unspecified atom stereocenters. The normalized spacial score (nSPS) is 25.5. The summed E-state index contributed by atoms with van der Waals surface area (Å²) in [5, 5.41) is 10.9. The molecule has 2 aliphatic heterocycles. The summed E-state index contributed by atoms with van der Waals surface area (Å²) in [5.41, 5.74) is 2.77. The number of nitrogens with zero attached hydrogens (tertiary/aromatic N) is 4.